The van der Waals surface area contributed by atoms with Crippen LogP contribution in [0, 0.1) is 5.41 Å². The summed E-state index contributed by atoms with van der Waals surface area (Å²) < 4.78 is 0. The minimum absolute atomic E-state index is 0.197. The van der Waals surface area contributed by atoms with Crippen LogP contribution in [0.15, 0.2) is 0 Å². The standard InChI is InChI=1S/C14H24N7O5/c1-9(23)21-10(3-2-4-18-14(15)16)13(26)20-8-12(25)19-7-11(24)17-5-6-22/h10H,2-5,7-8H2,1H3,(H,17,24)(H,19,25)(H,20,26)(H,21,23)(H4,15,16,18)/t10-/m1/s1. The van der Waals surface area contributed by atoms with Crippen molar-refractivity contribution in [2.75, 3.05) is 26.2 Å². The van der Waals surface area contributed by atoms with E-state index in [0.717, 1.165) is 0 Å². The highest BCUT2D eigenvalue weighted by Crippen LogP contribution is 1.97. The Morgan fingerprint density at radius 1 is 1.04 bits per heavy atom. The van der Waals surface area contributed by atoms with E-state index in [0.29, 0.717) is 13.0 Å². The highest BCUT2D eigenvalue weighted by molar-refractivity contribution is 5.91. The molecule has 4 amide bonds. The van der Waals surface area contributed by atoms with Crippen LogP contribution < -0.4 is 32.3 Å². The van der Waals surface area contributed by atoms with Gasteiger partial charge in [0.2, 0.25) is 29.9 Å². The first-order valence-electron chi connectivity index (χ1n) is 7.77. The third-order valence-electron chi connectivity index (χ3n) is 2.91. The molecule has 0 fully saturated rings. The Balaban J connectivity index is 4.26. The molecular formula is C14H24N7O5. The molecule has 1 radical (unpaired) electrons. The summed E-state index contributed by atoms with van der Waals surface area (Å²) >= 11 is 0. The Hall–Kier alpha value is -3.18. The van der Waals surface area contributed by atoms with E-state index in [1.54, 1.807) is 0 Å². The minimum Gasteiger partial charge on any atom is -0.370 e. The van der Waals surface area contributed by atoms with Gasteiger partial charge in [-0.05, 0) is 12.8 Å². The van der Waals surface area contributed by atoms with Gasteiger partial charge in [0.25, 0.3) is 0 Å². The van der Waals surface area contributed by atoms with Gasteiger partial charge in [-0.1, -0.05) is 0 Å². The first-order valence-corrected chi connectivity index (χ1v) is 7.77. The lowest BCUT2D eigenvalue weighted by molar-refractivity contribution is -0.130. The zero-order valence-corrected chi connectivity index (χ0v) is 14.4. The molecule has 0 aliphatic carbocycles. The maximum Gasteiger partial charge on any atom is 0.243 e. The van der Waals surface area contributed by atoms with Gasteiger partial charge >= 0.3 is 0 Å². The van der Waals surface area contributed by atoms with Gasteiger partial charge in [0.1, 0.15) is 6.04 Å². The van der Waals surface area contributed by atoms with Crippen LogP contribution in [0.1, 0.15) is 19.8 Å². The summed E-state index contributed by atoms with van der Waals surface area (Å²) in [6, 6.07) is -0.847. The molecule has 0 aliphatic rings. The Morgan fingerprint density at radius 3 is 2.23 bits per heavy atom. The van der Waals surface area contributed by atoms with Gasteiger partial charge in [0, 0.05) is 13.5 Å². The fourth-order valence-electron chi connectivity index (χ4n) is 1.77. The summed E-state index contributed by atoms with van der Waals surface area (Å²) in [5.74, 6) is -2.33. The third kappa shape index (κ3) is 12.3. The number of carbonyl (C=O) groups excluding carboxylic acids is 5. The van der Waals surface area contributed by atoms with Crippen LogP contribution in [0.2, 0.25) is 0 Å². The smallest absolute Gasteiger partial charge is 0.243 e. The average Bonchev–Trinajstić information content (AvgIpc) is 2.57. The van der Waals surface area contributed by atoms with Crippen molar-refractivity contribution >= 4 is 35.9 Å². The molecule has 0 spiro atoms. The van der Waals surface area contributed by atoms with E-state index in [4.69, 9.17) is 11.1 Å². The summed E-state index contributed by atoms with van der Waals surface area (Å²) in [6.45, 7) is 0.612. The molecule has 0 rings (SSSR count). The Kier molecular flexibility index (Phi) is 11.5. The summed E-state index contributed by atoms with van der Waals surface area (Å²) in [5.41, 5.74) is 5.14. The normalized spacial score (nSPS) is 10.8. The monoisotopic (exact) mass is 370 g/mol. The van der Waals surface area contributed by atoms with E-state index in [2.05, 4.69) is 26.6 Å². The first-order chi connectivity index (χ1) is 12.3. The van der Waals surface area contributed by atoms with Crippen molar-refractivity contribution < 1.29 is 24.0 Å². The Morgan fingerprint density at radius 2 is 1.65 bits per heavy atom. The van der Waals surface area contributed by atoms with Gasteiger partial charge in [-0.25, -0.2) is 0 Å². The number of nitrogens with one attached hydrogen (secondary N) is 6. The SMILES string of the molecule is CC(=O)N[C@H](CCCNC(=N)N)C(=O)NCC(=O)NCC(=O)NC[C]=O. The number of guanidine groups is 1. The maximum atomic E-state index is 12.1. The molecule has 12 heteroatoms. The van der Waals surface area contributed by atoms with E-state index < -0.39 is 29.7 Å². The maximum absolute atomic E-state index is 12.1. The predicted molar refractivity (Wildman–Crippen MR) is 91.5 cm³/mol. The van der Waals surface area contributed by atoms with E-state index in [1.165, 1.54) is 13.2 Å². The number of rotatable bonds is 12. The van der Waals surface area contributed by atoms with Crippen LogP contribution in [-0.4, -0.2) is 68.1 Å². The number of hydrogen-bond donors (Lipinski definition) is 7. The molecule has 0 saturated heterocycles. The van der Waals surface area contributed by atoms with E-state index in [9.17, 15) is 24.0 Å². The molecular weight excluding hydrogens is 346 g/mol. The second-order valence-corrected chi connectivity index (χ2v) is 5.15. The van der Waals surface area contributed by atoms with Gasteiger partial charge in [-0.2, -0.15) is 0 Å². The Labute approximate surface area is 150 Å². The third-order valence-corrected chi connectivity index (χ3v) is 2.91. The zero-order chi connectivity index (χ0) is 19.9. The fourth-order valence-corrected chi connectivity index (χ4v) is 1.77. The quantitative estimate of drug-likeness (QED) is 0.104. The van der Waals surface area contributed by atoms with Crippen molar-refractivity contribution in [1.29, 1.82) is 5.41 Å². The van der Waals surface area contributed by atoms with Gasteiger partial charge in [-0.15, -0.1) is 0 Å². The largest absolute Gasteiger partial charge is 0.370 e. The molecule has 1 atom stereocenters. The molecule has 8 N–H and O–H groups in total. The zero-order valence-electron chi connectivity index (χ0n) is 14.4. The molecule has 0 aromatic heterocycles. The lowest BCUT2D eigenvalue weighted by Crippen LogP contribution is -2.49. The molecule has 0 aromatic carbocycles. The number of carbonyl (C=O) groups is 4. The molecule has 0 aliphatic heterocycles. The van der Waals surface area contributed by atoms with Crippen molar-refractivity contribution in [1.82, 2.24) is 26.6 Å². The Bertz CT molecular complexity index is 538. The van der Waals surface area contributed by atoms with E-state index in [-0.39, 0.29) is 32.0 Å². The average molecular weight is 370 g/mol. The van der Waals surface area contributed by atoms with Crippen LogP contribution in [0.5, 0.6) is 0 Å². The summed E-state index contributed by atoms with van der Waals surface area (Å²) in [6.07, 6.45) is 2.20. The van der Waals surface area contributed by atoms with Crippen molar-refractivity contribution in [3.63, 3.8) is 0 Å². The lowest BCUT2D eigenvalue weighted by atomic mass is 10.1. The highest BCUT2D eigenvalue weighted by atomic mass is 16.2. The molecule has 0 heterocycles. The van der Waals surface area contributed by atoms with Crippen LogP contribution in [-0.2, 0) is 24.0 Å². The second kappa shape index (κ2) is 13.1. The van der Waals surface area contributed by atoms with Crippen molar-refractivity contribution in [3.05, 3.63) is 0 Å². The van der Waals surface area contributed by atoms with Gasteiger partial charge in [-0.3, -0.25) is 29.4 Å². The van der Waals surface area contributed by atoms with Crippen LogP contribution in [0.3, 0.4) is 0 Å². The van der Waals surface area contributed by atoms with Crippen LogP contribution in [0.25, 0.3) is 0 Å². The van der Waals surface area contributed by atoms with E-state index >= 15 is 0 Å². The molecule has 0 unspecified atom stereocenters. The highest BCUT2D eigenvalue weighted by Gasteiger charge is 2.19. The molecule has 0 bridgehead atoms. The number of hydrogen-bond acceptors (Lipinski definition) is 6. The lowest BCUT2D eigenvalue weighted by Gasteiger charge is -2.17. The first kappa shape index (κ1) is 22.8. The second-order valence-electron chi connectivity index (χ2n) is 5.15. The number of nitrogens with two attached hydrogens (primary N) is 1. The van der Waals surface area contributed by atoms with Gasteiger partial charge in [0.05, 0.1) is 19.6 Å². The summed E-state index contributed by atoms with van der Waals surface area (Å²) in [7, 11) is 0. The molecule has 0 saturated carbocycles. The van der Waals surface area contributed by atoms with Gasteiger partial charge in [0.15, 0.2) is 5.96 Å². The molecule has 12 nitrogen and oxygen atoms in total. The molecule has 26 heavy (non-hydrogen) atoms. The summed E-state index contributed by atoms with van der Waals surface area (Å²) in [4.78, 5) is 56.0. The molecule has 145 valence electrons. The van der Waals surface area contributed by atoms with Crippen LogP contribution in [0.4, 0.5) is 0 Å². The van der Waals surface area contributed by atoms with Crippen molar-refractivity contribution in [3.8, 4) is 0 Å². The van der Waals surface area contributed by atoms with Crippen LogP contribution >= 0.6 is 0 Å². The predicted octanol–water partition coefficient (Wildman–Crippen LogP) is -3.79. The molecule has 0 aromatic rings. The van der Waals surface area contributed by atoms with Crippen molar-refractivity contribution in [2.24, 2.45) is 5.73 Å². The minimum atomic E-state index is -0.847. The fraction of sp³-hybridized carbons (Fsp3) is 0.571. The summed E-state index contributed by atoms with van der Waals surface area (Å²) in [5, 5.41) is 18.9. The topological polar surface area (TPSA) is 195 Å². The number of amides is 4. The van der Waals surface area contributed by atoms with Crippen molar-refractivity contribution in [2.45, 2.75) is 25.8 Å². The van der Waals surface area contributed by atoms with E-state index in [1.807, 2.05) is 0 Å². The van der Waals surface area contributed by atoms with Gasteiger partial charge < -0.3 is 32.3 Å².